The molecule has 2 amide bonds. The van der Waals surface area contributed by atoms with Crippen LogP contribution in [0.15, 0.2) is 36.4 Å². The molecule has 9 heteroatoms. The van der Waals surface area contributed by atoms with Crippen LogP contribution in [0.2, 0.25) is 0 Å². The number of methoxy groups -OCH3 is 1. The van der Waals surface area contributed by atoms with Crippen molar-refractivity contribution in [3.05, 3.63) is 47.5 Å². The SMILES string of the molecule is COc1ccc(NC(=O)CCCOc2ccc(C)cc2C)c(NC(=O)CC(=O)C(C)(CO)CO)c1. The molecule has 0 bridgehead atoms. The molecule has 0 aliphatic heterocycles. The summed E-state index contributed by atoms with van der Waals surface area (Å²) in [5.41, 5.74) is 1.37. The summed E-state index contributed by atoms with van der Waals surface area (Å²) in [4.78, 5) is 37.3. The van der Waals surface area contributed by atoms with Crippen LogP contribution in [0.3, 0.4) is 0 Å². The lowest BCUT2D eigenvalue weighted by atomic mass is 9.86. The van der Waals surface area contributed by atoms with Gasteiger partial charge < -0.3 is 30.3 Å². The Morgan fingerprint density at radius 3 is 2.26 bits per heavy atom. The van der Waals surface area contributed by atoms with Crippen molar-refractivity contribution in [2.24, 2.45) is 5.41 Å². The topological polar surface area (TPSA) is 134 Å². The van der Waals surface area contributed by atoms with Crippen LogP contribution in [0.1, 0.15) is 37.3 Å². The molecule has 2 aromatic carbocycles. The van der Waals surface area contributed by atoms with E-state index in [1.54, 1.807) is 12.1 Å². The van der Waals surface area contributed by atoms with Crippen LogP contribution in [0.4, 0.5) is 11.4 Å². The number of ketones is 1. The number of nitrogens with one attached hydrogen (secondary N) is 2. The first-order valence-corrected chi connectivity index (χ1v) is 11.3. The van der Waals surface area contributed by atoms with Gasteiger partial charge in [0, 0.05) is 12.5 Å². The number of ether oxygens (including phenoxy) is 2. The van der Waals surface area contributed by atoms with Gasteiger partial charge in [-0.25, -0.2) is 0 Å². The fourth-order valence-corrected chi connectivity index (χ4v) is 3.23. The molecule has 35 heavy (non-hydrogen) atoms. The molecule has 0 aliphatic carbocycles. The number of aliphatic hydroxyl groups excluding tert-OH is 2. The number of aliphatic hydroxyl groups is 2. The molecule has 0 radical (unpaired) electrons. The van der Waals surface area contributed by atoms with Gasteiger partial charge in [-0.15, -0.1) is 0 Å². The fourth-order valence-electron chi connectivity index (χ4n) is 3.23. The highest BCUT2D eigenvalue weighted by Gasteiger charge is 2.33. The second-order valence-corrected chi connectivity index (χ2v) is 8.71. The second kappa shape index (κ2) is 12.9. The molecule has 0 saturated heterocycles. The van der Waals surface area contributed by atoms with Crippen LogP contribution in [-0.4, -0.2) is 54.7 Å². The molecule has 190 valence electrons. The zero-order chi connectivity index (χ0) is 26.0. The molecule has 2 rings (SSSR count). The van der Waals surface area contributed by atoms with Crippen molar-refractivity contribution in [3.63, 3.8) is 0 Å². The van der Waals surface area contributed by atoms with Crippen LogP contribution in [-0.2, 0) is 14.4 Å². The van der Waals surface area contributed by atoms with E-state index in [4.69, 9.17) is 9.47 Å². The summed E-state index contributed by atoms with van der Waals surface area (Å²) in [5, 5.41) is 24.1. The highest BCUT2D eigenvalue weighted by atomic mass is 16.5. The van der Waals surface area contributed by atoms with Gasteiger partial charge in [-0.3, -0.25) is 14.4 Å². The first kappa shape index (κ1) is 27.8. The van der Waals surface area contributed by atoms with Crippen molar-refractivity contribution in [1.82, 2.24) is 0 Å². The quantitative estimate of drug-likeness (QED) is 0.253. The molecule has 0 aromatic heterocycles. The number of anilines is 2. The van der Waals surface area contributed by atoms with Gasteiger partial charge in [0.25, 0.3) is 0 Å². The number of Topliss-reactive ketones (excluding diaryl/α,β-unsaturated/α-hetero) is 1. The minimum atomic E-state index is -1.41. The van der Waals surface area contributed by atoms with Gasteiger partial charge in [0.1, 0.15) is 11.5 Å². The Morgan fingerprint density at radius 1 is 0.943 bits per heavy atom. The lowest BCUT2D eigenvalue weighted by molar-refractivity contribution is -0.135. The van der Waals surface area contributed by atoms with E-state index in [-0.39, 0.29) is 18.0 Å². The van der Waals surface area contributed by atoms with E-state index >= 15 is 0 Å². The van der Waals surface area contributed by atoms with Gasteiger partial charge in [0.15, 0.2) is 5.78 Å². The van der Waals surface area contributed by atoms with E-state index in [0.717, 1.165) is 16.9 Å². The van der Waals surface area contributed by atoms with Gasteiger partial charge in [0.2, 0.25) is 11.8 Å². The molecule has 4 N–H and O–H groups in total. The summed E-state index contributed by atoms with van der Waals surface area (Å²) in [5.74, 6) is -0.281. The van der Waals surface area contributed by atoms with Crippen LogP contribution >= 0.6 is 0 Å². The normalized spacial score (nSPS) is 11.0. The Hall–Kier alpha value is -3.43. The number of amides is 2. The highest BCUT2D eigenvalue weighted by molar-refractivity contribution is 6.08. The van der Waals surface area contributed by atoms with Gasteiger partial charge >= 0.3 is 0 Å². The minimum absolute atomic E-state index is 0.203. The molecular weight excluding hydrogens is 452 g/mol. The second-order valence-electron chi connectivity index (χ2n) is 8.71. The number of carbonyl (C=O) groups is 3. The maximum Gasteiger partial charge on any atom is 0.231 e. The van der Waals surface area contributed by atoms with Crippen molar-refractivity contribution in [2.75, 3.05) is 37.6 Å². The van der Waals surface area contributed by atoms with Crippen molar-refractivity contribution in [2.45, 2.75) is 40.0 Å². The molecule has 0 fully saturated rings. The first-order chi connectivity index (χ1) is 16.6. The summed E-state index contributed by atoms with van der Waals surface area (Å²) in [6, 6.07) is 10.7. The first-order valence-electron chi connectivity index (χ1n) is 11.3. The van der Waals surface area contributed by atoms with Crippen molar-refractivity contribution in [3.8, 4) is 11.5 Å². The Bertz CT molecular complexity index is 1050. The lowest BCUT2D eigenvalue weighted by Gasteiger charge is -2.22. The largest absolute Gasteiger partial charge is 0.497 e. The monoisotopic (exact) mass is 486 g/mol. The van der Waals surface area contributed by atoms with E-state index in [0.29, 0.717) is 24.5 Å². The highest BCUT2D eigenvalue weighted by Crippen LogP contribution is 2.28. The number of rotatable bonds is 13. The maximum absolute atomic E-state index is 12.5. The zero-order valence-corrected chi connectivity index (χ0v) is 20.6. The van der Waals surface area contributed by atoms with Gasteiger partial charge in [0.05, 0.1) is 50.1 Å². The molecule has 0 atom stereocenters. The Morgan fingerprint density at radius 2 is 1.63 bits per heavy atom. The number of aryl methyl sites for hydroxylation is 2. The van der Waals surface area contributed by atoms with Crippen molar-refractivity contribution < 1.29 is 34.1 Å². The van der Waals surface area contributed by atoms with E-state index in [1.165, 1.54) is 20.1 Å². The predicted octanol–water partition coefficient (Wildman–Crippen LogP) is 3.00. The lowest BCUT2D eigenvalue weighted by Crippen LogP contribution is -2.37. The molecule has 0 unspecified atom stereocenters. The summed E-state index contributed by atoms with van der Waals surface area (Å²) in [6.45, 7) is 4.57. The third-order valence-electron chi connectivity index (χ3n) is 5.60. The van der Waals surface area contributed by atoms with E-state index in [9.17, 15) is 24.6 Å². The van der Waals surface area contributed by atoms with Gasteiger partial charge in [-0.2, -0.15) is 0 Å². The van der Waals surface area contributed by atoms with Crippen LogP contribution in [0, 0.1) is 19.3 Å². The standard InChI is InChI=1S/C26H34N2O7/c1-17-7-10-22(18(2)12-17)35-11-5-6-24(32)27-20-9-8-19(34-4)13-21(20)28-25(33)14-23(31)26(3,15-29)16-30/h7-10,12-13,29-30H,5-6,11,14-16H2,1-4H3,(H,27,32)(H,28,33). The zero-order valence-electron chi connectivity index (χ0n) is 20.6. The van der Waals surface area contributed by atoms with Gasteiger partial charge in [-0.05, 0) is 51.0 Å². The summed E-state index contributed by atoms with van der Waals surface area (Å²) in [6.07, 6.45) is 0.151. The molecule has 0 saturated carbocycles. The van der Waals surface area contributed by atoms with Crippen LogP contribution in [0.5, 0.6) is 11.5 Å². The van der Waals surface area contributed by atoms with Crippen LogP contribution < -0.4 is 20.1 Å². The molecule has 0 heterocycles. The molecule has 2 aromatic rings. The van der Waals surface area contributed by atoms with Crippen molar-refractivity contribution in [1.29, 1.82) is 0 Å². The smallest absolute Gasteiger partial charge is 0.231 e. The van der Waals surface area contributed by atoms with E-state index in [1.807, 2.05) is 32.0 Å². The summed E-state index contributed by atoms with van der Waals surface area (Å²) in [7, 11) is 1.46. The minimum Gasteiger partial charge on any atom is -0.497 e. The average molecular weight is 487 g/mol. The number of hydrogen-bond acceptors (Lipinski definition) is 7. The number of benzene rings is 2. The number of carbonyl (C=O) groups excluding carboxylic acids is 3. The molecule has 9 nitrogen and oxygen atoms in total. The predicted molar refractivity (Wildman–Crippen MR) is 133 cm³/mol. The van der Waals surface area contributed by atoms with E-state index in [2.05, 4.69) is 10.6 Å². The molecule has 0 spiro atoms. The maximum atomic E-state index is 12.5. The molecular formula is C26H34N2O7. The average Bonchev–Trinajstić information content (AvgIpc) is 2.83. The Labute approximate surface area is 205 Å². The third-order valence-corrected chi connectivity index (χ3v) is 5.60. The van der Waals surface area contributed by atoms with E-state index < -0.39 is 36.7 Å². The fraction of sp³-hybridized carbons (Fsp3) is 0.423. The number of hydrogen-bond donors (Lipinski definition) is 4. The van der Waals surface area contributed by atoms with Gasteiger partial charge in [-0.1, -0.05) is 17.7 Å². The van der Waals surface area contributed by atoms with Crippen molar-refractivity contribution >= 4 is 29.0 Å². The van der Waals surface area contributed by atoms with Crippen LogP contribution in [0.25, 0.3) is 0 Å². The Balaban J connectivity index is 1.97. The molecule has 0 aliphatic rings. The summed E-state index contributed by atoms with van der Waals surface area (Å²) < 4.78 is 11.0. The third kappa shape index (κ3) is 8.08. The Kier molecular flexibility index (Phi) is 10.2. The summed E-state index contributed by atoms with van der Waals surface area (Å²) >= 11 is 0.